The molecular formula is C19H25N3O4S2. The molecule has 1 saturated carbocycles. The van der Waals surface area contributed by atoms with Crippen molar-refractivity contribution in [1.82, 2.24) is 14.9 Å². The number of fused-ring (bicyclic) bond motifs is 1. The van der Waals surface area contributed by atoms with Crippen molar-refractivity contribution in [3.05, 3.63) is 18.2 Å². The van der Waals surface area contributed by atoms with Crippen LogP contribution in [0.3, 0.4) is 0 Å². The Balaban J connectivity index is 1.46. The predicted molar refractivity (Wildman–Crippen MR) is 110 cm³/mol. The maximum Gasteiger partial charge on any atom is 0.233 e. The second-order valence-electron chi connectivity index (χ2n) is 7.51. The topological polar surface area (TPSA) is 92.4 Å². The van der Waals surface area contributed by atoms with Gasteiger partial charge >= 0.3 is 0 Å². The van der Waals surface area contributed by atoms with Gasteiger partial charge in [-0.25, -0.2) is 13.4 Å². The number of aromatic nitrogens is 2. The van der Waals surface area contributed by atoms with Gasteiger partial charge in [0.05, 0.1) is 35.4 Å². The highest BCUT2D eigenvalue weighted by Gasteiger charge is 2.38. The van der Waals surface area contributed by atoms with Crippen LogP contribution in [0.5, 0.6) is 5.75 Å². The number of carbonyl (C=O) groups excluding carboxylic acids is 1. The molecule has 0 radical (unpaired) electrons. The minimum absolute atomic E-state index is 0.0111. The molecule has 9 heteroatoms. The molecule has 4 rings (SSSR count). The molecular weight excluding hydrogens is 398 g/mol. The van der Waals surface area contributed by atoms with E-state index in [0.717, 1.165) is 42.5 Å². The van der Waals surface area contributed by atoms with Gasteiger partial charge in [-0.3, -0.25) is 4.79 Å². The van der Waals surface area contributed by atoms with Crippen LogP contribution in [-0.2, 0) is 14.6 Å². The number of hydrogen-bond acceptors (Lipinski definition) is 6. The summed E-state index contributed by atoms with van der Waals surface area (Å²) in [4.78, 5) is 22.7. The summed E-state index contributed by atoms with van der Waals surface area (Å²) in [6.45, 7) is 0. The number of nitrogens with one attached hydrogen (secondary N) is 1. The van der Waals surface area contributed by atoms with Crippen LogP contribution in [0.2, 0.25) is 0 Å². The van der Waals surface area contributed by atoms with Gasteiger partial charge in [0.25, 0.3) is 0 Å². The quantitative estimate of drug-likeness (QED) is 0.718. The predicted octanol–water partition coefficient (Wildman–Crippen LogP) is 2.62. The van der Waals surface area contributed by atoms with Gasteiger partial charge in [0.2, 0.25) is 5.91 Å². The summed E-state index contributed by atoms with van der Waals surface area (Å²) in [6.07, 6.45) is 4.70. The molecule has 1 aliphatic heterocycles. The number of benzene rings is 1. The highest BCUT2D eigenvalue weighted by molar-refractivity contribution is 7.99. The molecule has 0 spiro atoms. The highest BCUT2D eigenvalue weighted by atomic mass is 32.2. The smallest absolute Gasteiger partial charge is 0.233 e. The van der Waals surface area contributed by atoms with Gasteiger partial charge in [-0.15, -0.1) is 0 Å². The summed E-state index contributed by atoms with van der Waals surface area (Å²) in [7, 11) is -1.41. The van der Waals surface area contributed by atoms with Crippen LogP contribution in [-0.4, -0.2) is 65.6 Å². The maximum atomic E-state index is 13.1. The molecule has 1 saturated heterocycles. The molecule has 1 aromatic heterocycles. The molecule has 152 valence electrons. The number of aromatic amines is 1. The van der Waals surface area contributed by atoms with Gasteiger partial charge < -0.3 is 14.6 Å². The number of imidazole rings is 1. The van der Waals surface area contributed by atoms with Crippen LogP contribution < -0.4 is 4.74 Å². The van der Waals surface area contributed by atoms with Crippen molar-refractivity contribution in [2.75, 3.05) is 24.4 Å². The SMILES string of the molecule is COc1ccc2nc(SCC(=O)N(C3CCCC3)[C@@H]3CCS(=O)(=O)C3)[nH]c2c1. The van der Waals surface area contributed by atoms with E-state index < -0.39 is 9.84 Å². The largest absolute Gasteiger partial charge is 0.497 e. The van der Waals surface area contributed by atoms with Crippen molar-refractivity contribution in [2.45, 2.75) is 49.3 Å². The lowest BCUT2D eigenvalue weighted by atomic mass is 10.1. The maximum absolute atomic E-state index is 13.1. The van der Waals surface area contributed by atoms with E-state index >= 15 is 0 Å². The van der Waals surface area contributed by atoms with Crippen molar-refractivity contribution in [3.8, 4) is 5.75 Å². The number of nitrogens with zero attached hydrogens (tertiary/aromatic N) is 2. The second kappa shape index (κ2) is 7.94. The summed E-state index contributed by atoms with van der Waals surface area (Å²) >= 11 is 1.37. The number of rotatable bonds is 6. The van der Waals surface area contributed by atoms with E-state index in [4.69, 9.17) is 4.74 Å². The van der Waals surface area contributed by atoms with E-state index in [1.54, 1.807) is 7.11 Å². The van der Waals surface area contributed by atoms with Crippen molar-refractivity contribution in [2.24, 2.45) is 0 Å². The Bertz CT molecular complexity index is 967. The average Bonchev–Trinajstić information content (AvgIpc) is 3.39. The molecule has 2 aromatic rings. The van der Waals surface area contributed by atoms with Crippen molar-refractivity contribution < 1.29 is 17.9 Å². The molecule has 0 unspecified atom stereocenters. The second-order valence-corrected chi connectivity index (χ2v) is 10.7. The minimum atomic E-state index is -3.03. The summed E-state index contributed by atoms with van der Waals surface area (Å²) in [5.74, 6) is 1.30. The molecule has 2 aliphatic rings. The average molecular weight is 424 g/mol. The van der Waals surface area contributed by atoms with E-state index in [-0.39, 0.29) is 35.2 Å². The van der Waals surface area contributed by atoms with Crippen LogP contribution in [0, 0.1) is 0 Å². The summed E-state index contributed by atoms with van der Waals surface area (Å²) < 4.78 is 29.1. The first-order valence-corrected chi connectivity index (χ1v) is 12.4. The minimum Gasteiger partial charge on any atom is -0.497 e. The molecule has 1 atom stereocenters. The standard InChI is InChI=1S/C19H25N3O4S2/c1-26-15-6-7-16-17(10-15)21-19(20-16)27-11-18(23)22(13-4-2-3-5-13)14-8-9-28(24,25)12-14/h6-7,10,13-14H,2-5,8-9,11-12H2,1H3,(H,20,21)/t14-/m1/s1. The molecule has 1 amide bonds. The van der Waals surface area contributed by atoms with Crippen molar-refractivity contribution in [3.63, 3.8) is 0 Å². The zero-order valence-corrected chi connectivity index (χ0v) is 17.5. The summed E-state index contributed by atoms with van der Waals surface area (Å²) in [5, 5.41) is 0.682. The third-order valence-electron chi connectivity index (χ3n) is 5.61. The van der Waals surface area contributed by atoms with E-state index in [9.17, 15) is 13.2 Å². The number of hydrogen-bond donors (Lipinski definition) is 1. The molecule has 1 aromatic carbocycles. The van der Waals surface area contributed by atoms with E-state index in [2.05, 4.69) is 9.97 Å². The Morgan fingerprint density at radius 3 is 2.75 bits per heavy atom. The van der Waals surface area contributed by atoms with E-state index in [1.807, 2.05) is 23.1 Å². The van der Waals surface area contributed by atoms with Crippen LogP contribution in [0.25, 0.3) is 11.0 Å². The fraction of sp³-hybridized carbons (Fsp3) is 0.579. The lowest BCUT2D eigenvalue weighted by molar-refractivity contribution is -0.132. The van der Waals surface area contributed by atoms with Crippen LogP contribution in [0.15, 0.2) is 23.4 Å². The highest BCUT2D eigenvalue weighted by Crippen LogP contribution is 2.30. The fourth-order valence-corrected chi connectivity index (χ4v) is 6.71. The fourth-order valence-electron chi connectivity index (χ4n) is 4.25. The first kappa shape index (κ1) is 19.6. The molecule has 2 fully saturated rings. The first-order chi connectivity index (χ1) is 13.4. The molecule has 0 bridgehead atoms. The third-order valence-corrected chi connectivity index (χ3v) is 8.22. The van der Waals surface area contributed by atoms with Crippen LogP contribution in [0.4, 0.5) is 0 Å². The zero-order valence-electron chi connectivity index (χ0n) is 15.9. The molecule has 2 heterocycles. The molecule has 7 nitrogen and oxygen atoms in total. The van der Waals surface area contributed by atoms with Gasteiger partial charge in [0, 0.05) is 18.2 Å². The Morgan fingerprint density at radius 2 is 2.07 bits per heavy atom. The number of carbonyl (C=O) groups is 1. The van der Waals surface area contributed by atoms with Crippen molar-refractivity contribution in [1.29, 1.82) is 0 Å². The summed E-state index contributed by atoms with van der Waals surface area (Å²) in [6, 6.07) is 5.60. The van der Waals surface area contributed by atoms with Gasteiger partial charge in [-0.1, -0.05) is 24.6 Å². The number of H-pyrrole nitrogens is 1. The number of ether oxygens (including phenoxy) is 1. The van der Waals surface area contributed by atoms with Gasteiger partial charge in [-0.05, 0) is 31.4 Å². The van der Waals surface area contributed by atoms with Gasteiger partial charge in [-0.2, -0.15) is 0 Å². The van der Waals surface area contributed by atoms with Crippen LogP contribution in [0.1, 0.15) is 32.1 Å². The normalized spacial score (nSPS) is 22.0. The Hall–Kier alpha value is -1.74. The van der Waals surface area contributed by atoms with Gasteiger partial charge in [0.1, 0.15) is 5.75 Å². The first-order valence-electron chi connectivity index (χ1n) is 9.63. The van der Waals surface area contributed by atoms with E-state index in [1.165, 1.54) is 11.8 Å². The lowest BCUT2D eigenvalue weighted by Gasteiger charge is -2.34. The number of sulfone groups is 1. The number of methoxy groups -OCH3 is 1. The van der Waals surface area contributed by atoms with E-state index in [0.29, 0.717) is 11.6 Å². The Labute approximate surface area is 169 Å². The third kappa shape index (κ3) is 4.15. The molecule has 1 aliphatic carbocycles. The zero-order chi connectivity index (χ0) is 19.7. The molecule has 28 heavy (non-hydrogen) atoms. The Kier molecular flexibility index (Phi) is 5.55. The van der Waals surface area contributed by atoms with Crippen LogP contribution >= 0.6 is 11.8 Å². The summed E-state index contributed by atoms with van der Waals surface area (Å²) in [5.41, 5.74) is 1.69. The molecule has 1 N–H and O–H groups in total. The number of amides is 1. The number of thioether (sulfide) groups is 1. The lowest BCUT2D eigenvalue weighted by Crippen LogP contribution is -2.47. The van der Waals surface area contributed by atoms with Gasteiger partial charge in [0.15, 0.2) is 15.0 Å². The van der Waals surface area contributed by atoms with Crippen molar-refractivity contribution >= 4 is 38.5 Å². The Morgan fingerprint density at radius 1 is 1.29 bits per heavy atom. The monoisotopic (exact) mass is 423 g/mol.